The third kappa shape index (κ3) is 4.59. The molecule has 150 valence electrons. The van der Waals surface area contributed by atoms with Gasteiger partial charge >= 0.3 is 12.1 Å². The number of anilines is 1. The molecule has 6 nitrogen and oxygen atoms in total. The summed E-state index contributed by atoms with van der Waals surface area (Å²) in [4.78, 5) is 11.1. The van der Waals surface area contributed by atoms with E-state index in [1.807, 2.05) is 0 Å². The molecule has 3 rings (SSSR count). The molecule has 1 fully saturated rings. The largest absolute Gasteiger partial charge is 0.476 e. The lowest BCUT2D eigenvalue weighted by Crippen LogP contribution is -2.29. The summed E-state index contributed by atoms with van der Waals surface area (Å²) >= 11 is 0. The molecule has 2 aromatic rings. The third-order valence-corrected chi connectivity index (χ3v) is 4.79. The highest BCUT2D eigenvalue weighted by Crippen LogP contribution is 2.34. The van der Waals surface area contributed by atoms with Crippen molar-refractivity contribution in [3.05, 3.63) is 52.8 Å². The van der Waals surface area contributed by atoms with Crippen LogP contribution in [0.5, 0.6) is 0 Å². The number of rotatable bonds is 5. The molecule has 0 unspecified atom stereocenters. The number of halogens is 3. The first-order valence-electron chi connectivity index (χ1n) is 8.87. The summed E-state index contributed by atoms with van der Waals surface area (Å²) in [7, 11) is 0. The Kier molecular flexibility index (Phi) is 5.83. The van der Waals surface area contributed by atoms with Gasteiger partial charge in [-0.25, -0.2) is 4.79 Å². The molecule has 9 heteroatoms. The van der Waals surface area contributed by atoms with E-state index >= 15 is 0 Å². The molecule has 0 bridgehead atoms. The predicted octanol–water partition coefficient (Wildman–Crippen LogP) is 4.22. The van der Waals surface area contributed by atoms with E-state index in [1.165, 1.54) is 18.3 Å². The van der Waals surface area contributed by atoms with E-state index in [9.17, 15) is 18.0 Å². The first kappa shape index (κ1) is 20.1. The van der Waals surface area contributed by atoms with Crippen molar-refractivity contribution in [1.82, 2.24) is 10.2 Å². The Hall–Kier alpha value is -2.68. The summed E-state index contributed by atoms with van der Waals surface area (Å²) in [5.74, 6) is -1.15. The fraction of sp³-hybridized carbons (Fsp3) is 0.421. The Morgan fingerprint density at radius 2 is 2.00 bits per heavy atom. The zero-order chi connectivity index (χ0) is 20.3. The summed E-state index contributed by atoms with van der Waals surface area (Å²) in [5, 5.41) is 19.6. The molecule has 1 aromatic carbocycles. The van der Waals surface area contributed by atoms with Gasteiger partial charge in [-0.3, -0.25) is 0 Å². The summed E-state index contributed by atoms with van der Waals surface area (Å²) in [6.45, 7) is 2.08. The standard InChI is InChI=1S/C19H20F3N3O3/c1-11-15(10-24-25-17(11)18(26)27)23-9-14-3-2-4-16(28-14)12-5-7-13(8-6-12)19(20,21)22/h5-8,10,14,16H,2-4,9H2,1H3,(H,23,25)(H,26,27)/t14-,16+/m1/s1. The lowest BCUT2D eigenvalue weighted by molar-refractivity contribution is -0.137. The van der Waals surface area contributed by atoms with E-state index in [2.05, 4.69) is 15.5 Å². The van der Waals surface area contributed by atoms with Crippen LogP contribution in [0.25, 0.3) is 0 Å². The van der Waals surface area contributed by atoms with Gasteiger partial charge in [-0.15, -0.1) is 5.10 Å². The monoisotopic (exact) mass is 395 g/mol. The Labute approximate surface area is 159 Å². The molecule has 1 aliphatic heterocycles. The molecule has 2 atom stereocenters. The Balaban J connectivity index is 1.63. The van der Waals surface area contributed by atoms with Crippen molar-refractivity contribution in [2.75, 3.05) is 11.9 Å². The van der Waals surface area contributed by atoms with E-state index in [1.54, 1.807) is 6.92 Å². The van der Waals surface area contributed by atoms with Crippen LogP contribution in [-0.4, -0.2) is 33.9 Å². The number of carboxylic acid groups (broad SMARTS) is 1. The molecular formula is C19H20F3N3O3. The average molecular weight is 395 g/mol. The minimum atomic E-state index is -4.36. The number of nitrogens with one attached hydrogen (secondary N) is 1. The highest BCUT2D eigenvalue weighted by atomic mass is 19.4. The number of benzene rings is 1. The zero-order valence-electron chi connectivity index (χ0n) is 15.2. The fourth-order valence-electron chi connectivity index (χ4n) is 3.23. The van der Waals surface area contributed by atoms with Gasteiger partial charge in [-0.2, -0.15) is 18.3 Å². The second kappa shape index (κ2) is 8.14. The number of hydrogen-bond acceptors (Lipinski definition) is 5. The maximum Gasteiger partial charge on any atom is 0.416 e. The number of carboxylic acids is 1. The molecular weight excluding hydrogens is 375 g/mol. The first-order valence-corrected chi connectivity index (χ1v) is 8.87. The summed E-state index contributed by atoms with van der Waals surface area (Å²) in [6, 6.07) is 5.05. The van der Waals surface area contributed by atoms with Crippen molar-refractivity contribution in [2.24, 2.45) is 0 Å². The SMILES string of the molecule is Cc1c(NC[C@H]2CCC[C@@H](c3ccc(C(F)(F)F)cc3)O2)cnnc1C(=O)O. The van der Waals surface area contributed by atoms with Gasteiger partial charge in [0.15, 0.2) is 5.69 Å². The number of nitrogens with zero attached hydrogens (tertiary/aromatic N) is 2. The molecule has 0 saturated carbocycles. The Morgan fingerprint density at radius 3 is 2.64 bits per heavy atom. The number of ether oxygens (including phenoxy) is 1. The smallest absolute Gasteiger partial charge is 0.416 e. The van der Waals surface area contributed by atoms with Gasteiger partial charge in [0.25, 0.3) is 0 Å². The summed E-state index contributed by atoms with van der Waals surface area (Å²) < 4.78 is 44.2. The first-order chi connectivity index (χ1) is 13.3. The van der Waals surface area contributed by atoms with Crippen LogP contribution < -0.4 is 5.32 Å². The minimum absolute atomic E-state index is 0.114. The van der Waals surface area contributed by atoms with Gasteiger partial charge in [-0.1, -0.05) is 12.1 Å². The van der Waals surface area contributed by atoms with E-state index in [0.717, 1.165) is 31.4 Å². The van der Waals surface area contributed by atoms with Gasteiger partial charge in [0, 0.05) is 12.1 Å². The molecule has 1 aromatic heterocycles. The molecule has 2 heterocycles. The van der Waals surface area contributed by atoms with Crippen LogP contribution in [0.3, 0.4) is 0 Å². The van der Waals surface area contributed by atoms with Crippen molar-refractivity contribution in [3.8, 4) is 0 Å². The second-order valence-electron chi connectivity index (χ2n) is 6.72. The highest BCUT2D eigenvalue weighted by Gasteiger charge is 2.31. The van der Waals surface area contributed by atoms with Gasteiger partial charge < -0.3 is 15.2 Å². The van der Waals surface area contributed by atoms with E-state index in [4.69, 9.17) is 9.84 Å². The second-order valence-corrected chi connectivity index (χ2v) is 6.72. The molecule has 0 aliphatic carbocycles. The van der Waals surface area contributed by atoms with Crippen LogP contribution in [0.4, 0.5) is 18.9 Å². The quantitative estimate of drug-likeness (QED) is 0.789. The van der Waals surface area contributed by atoms with Crippen LogP contribution in [0.1, 0.15) is 52.5 Å². The van der Waals surface area contributed by atoms with E-state index < -0.39 is 17.7 Å². The van der Waals surface area contributed by atoms with Gasteiger partial charge in [0.2, 0.25) is 0 Å². The minimum Gasteiger partial charge on any atom is -0.476 e. The van der Waals surface area contributed by atoms with Crippen molar-refractivity contribution < 1.29 is 27.8 Å². The van der Waals surface area contributed by atoms with Gasteiger partial charge in [0.05, 0.1) is 29.7 Å². The normalized spacial score (nSPS) is 20.0. The van der Waals surface area contributed by atoms with Gasteiger partial charge in [-0.05, 0) is 43.9 Å². The molecule has 0 spiro atoms. The molecule has 28 heavy (non-hydrogen) atoms. The van der Waals surface area contributed by atoms with Crippen LogP contribution in [-0.2, 0) is 10.9 Å². The fourth-order valence-corrected chi connectivity index (χ4v) is 3.23. The number of alkyl halides is 3. The van der Waals surface area contributed by atoms with Crippen LogP contribution >= 0.6 is 0 Å². The predicted molar refractivity (Wildman–Crippen MR) is 95.1 cm³/mol. The molecule has 1 aliphatic rings. The Bertz CT molecular complexity index is 841. The molecule has 1 saturated heterocycles. The van der Waals surface area contributed by atoms with E-state index in [-0.39, 0.29) is 17.9 Å². The number of aromatic carboxylic acids is 1. The molecule has 0 amide bonds. The maximum absolute atomic E-state index is 12.7. The van der Waals surface area contributed by atoms with Crippen LogP contribution in [0.15, 0.2) is 30.5 Å². The average Bonchev–Trinajstić information content (AvgIpc) is 2.66. The third-order valence-electron chi connectivity index (χ3n) is 4.79. The number of carbonyl (C=O) groups is 1. The van der Waals surface area contributed by atoms with Crippen LogP contribution in [0.2, 0.25) is 0 Å². The van der Waals surface area contributed by atoms with Gasteiger partial charge in [0.1, 0.15) is 0 Å². The number of hydrogen-bond donors (Lipinski definition) is 2. The van der Waals surface area contributed by atoms with Crippen LogP contribution in [0, 0.1) is 6.92 Å². The molecule has 0 radical (unpaired) electrons. The molecule has 2 N–H and O–H groups in total. The lowest BCUT2D eigenvalue weighted by Gasteiger charge is -2.31. The summed E-state index contributed by atoms with van der Waals surface area (Å²) in [5.41, 5.74) is 0.968. The van der Waals surface area contributed by atoms with Crippen molar-refractivity contribution >= 4 is 11.7 Å². The Morgan fingerprint density at radius 1 is 1.29 bits per heavy atom. The van der Waals surface area contributed by atoms with Crippen molar-refractivity contribution in [1.29, 1.82) is 0 Å². The number of aromatic nitrogens is 2. The maximum atomic E-state index is 12.7. The van der Waals surface area contributed by atoms with Crippen molar-refractivity contribution in [3.63, 3.8) is 0 Å². The lowest BCUT2D eigenvalue weighted by atomic mass is 9.97. The topological polar surface area (TPSA) is 84.3 Å². The zero-order valence-corrected chi connectivity index (χ0v) is 15.2. The highest BCUT2D eigenvalue weighted by molar-refractivity contribution is 5.88. The van der Waals surface area contributed by atoms with E-state index in [0.29, 0.717) is 23.4 Å². The van der Waals surface area contributed by atoms with Crippen molar-refractivity contribution in [2.45, 2.75) is 44.6 Å². The summed E-state index contributed by atoms with van der Waals surface area (Å²) in [6.07, 6.45) is -0.905.